The van der Waals surface area contributed by atoms with E-state index in [0.717, 1.165) is 0 Å². The number of nitrogens with zero attached hydrogens (tertiary/aromatic N) is 2. The first-order chi connectivity index (χ1) is 5.24. The minimum Gasteiger partial charge on any atom is -0.481 e. The second-order valence-electron chi connectivity index (χ2n) is 1.86. The number of aromatic nitrogens is 2. The fourth-order valence-corrected chi connectivity index (χ4v) is 0.598. The lowest BCUT2D eigenvalue weighted by atomic mass is 10.4. The summed E-state index contributed by atoms with van der Waals surface area (Å²) < 4.78 is 4.80. The number of nitrogens with two attached hydrogens (primary N) is 1. The van der Waals surface area contributed by atoms with Crippen molar-refractivity contribution in [3.05, 3.63) is 18.1 Å². The van der Waals surface area contributed by atoms with Crippen LogP contribution in [-0.4, -0.2) is 22.9 Å². The average molecular weight is 189 g/mol. The maximum atomic E-state index is 7.04. The Balaban J connectivity index is 0.00000121. The Morgan fingerprint density at radius 1 is 1.58 bits per heavy atom. The molecular formula is C6H9ClN4O. The maximum Gasteiger partial charge on any atom is 0.216 e. The molecule has 0 aliphatic rings. The number of ether oxygens (including phenoxy) is 1. The van der Waals surface area contributed by atoms with Crippen LogP contribution in [0.3, 0.4) is 0 Å². The summed E-state index contributed by atoms with van der Waals surface area (Å²) in [5.41, 5.74) is 5.55. The molecule has 12 heavy (non-hydrogen) atoms. The van der Waals surface area contributed by atoms with Crippen molar-refractivity contribution in [1.29, 1.82) is 5.41 Å². The first-order valence-corrected chi connectivity index (χ1v) is 2.94. The summed E-state index contributed by atoms with van der Waals surface area (Å²) in [5, 5.41) is 7.04. The van der Waals surface area contributed by atoms with Gasteiger partial charge in [-0.25, -0.2) is 9.97 Å². The van der Waals surface area contributed by atoms with Crippen molar-refractivity contribution < 1.29 is 4.74 Å². The summed E-state index contributed by atoms with van der Waals surface area (Å²) in [6.45, 7) is 0. The molecule has 0 bridgehead atoms. The van der Waals surface area contributed by atoms with Gasteiger partial charge < -0.3 is 10.5 Å². The average Bonchev–Trinajstić information content (AvgIpc) is 2.05. The number of nitrogens with one attached hydrogen (secondary N) is 1. The van der Waals surface area contributed by atoms with Crippen molar-refractivity contribution >= 4 is 18.2 Å². The predicted octanol–water partition coefficient (Wildman–Crippen LogP) is 0.191. The molecule has 0 aliphatic heterocycles. The van der Waals surface area contributed by atoms with Gasteiger partial charge >= 0.3 is 0 Å². The molecule has 6 heteroatoms. The molecule has 0 amide bonds. The molecule has 1 rings (SSSR count). The van der Waals surface area contributed by atoms with Gasteiger partial charge in [0, 0.05) is 6.07 Å². The second kappa shape index (κ2) is 4.50. The molecule has 0 saturated heterocycles. The Labute approximate surface area is 75.9 Å². The van der Waals surface area contributed by atoms with Crippen LogP contribution >= 0.6 is 12.4 Å². The first kappa shape index (κ1) is 10.6. The van der Waals surface area contributed by atoms with E-state index >= 15 is 0 Å². The zero-order chi connectivity index (χ0) is 8.27. The molecule has 1 heterocycles. The van der Waals surface area contributed by atoms with Gasteiger partial charge in [-0.15, -0.1) is 12.4 Å². The highest BCUT2D eigenvalue weighted by Crippen LogP contribution is 2.03. The van der Waals surface area contributed by atoms with Gasteiger partial charge in [0.25, 0.3) is 0 Å². The molecule has 1 aromatic rings. The van der Waals surface area contributed by atoms with Gasteiger partial charge in [0.15, 0.2) is 0 Å². The van der Waals surface area contributed by atoms with Crippen LogP contribution in [0.1, 0.15) is 5.69 Å². The fraction of sp³-hybridized carbons (Fsp3) is 0.167. The first-order valence-electron chi connectivity index (χ1n) is 2.94. The quantitative estimate of drug-likeness (QED) is 0.513. The Kier molecular flexibility index (Phi) is 3.99. The third kappa shape index (κ3) is 2.35. The van der Waals surface area contributed by atoms with Crippen LogP contribution in [0.5, 0.6) is 5.88 Å². The molecule has 0 unspecified atom stereocenters. The second-order valence-corrected chi connectivity index (χ2v) is 1.86. The number of amidine groups is 1. The third-order valence-electron chi connectivity index (χ3n) is 1.13. The smallest absolute Gasteiger partial charge is 0.216 e. The van der Waals surface area contributed by atoms with E-state index in [2.05, 4.69) is 9.97 Å². The van der Waals surface area contributed by atoms with Gasteiger partial charge in [0.1, 0.15) is 17.9 Å². The molecule has 5 nitrogen and oxygen atoms in total. The van der Waals surface area contributed by atoms with Crippen LogP contribution in [0.4, 0.5) is 0 Å². The standard InChI is InChI=1S/C6H8N4O.ClH/c1-11-5-2-4(6(7)8)9-3-10-5;/h2-3H,1H3,(H3,7,8);1H. The highest BCUT2D eigenvalue weighted by Gasteiger charge is 1.99. The Morgan fingerprint density at radius 3 is 2.75 bits per heavy atom. The van der Waals surface area contributed by atoms with E-state index in [1.807, 2.05) is 0 Å². The van der Waals surface area contributed by atoms with E-state index in [0.29, 0.717) is 11.6 Å². The van der Waals surface area contributed by atoms with E-state index in [4.69, 9.17) is 15.9 Å². The number of hydrogen-bond acceptors (Lipinski definition) is 4. The lowest BCUT2D eigenvalue weighted by Gasteiger charge is -1.99. The zero-order valence-electron chi connectivity index (χ0n) is 6.44. The monoisotopic (exact) mass is 188 g/mol. The summed E-state index contributed by atoms with van der Waals surface area (Å²) in [6.07, 6.45) is 1.30. The molecule has 3 N–H and O–H groups in total. The van der Waals surface area contributed by atoms with Gasteiger partial charge in [-0.3, -0.25) is 5.41 Å². The zero-order valence-corrected chi connectivity index (χ0v) is 7.26. The van der Waals surface area contributed by atoms with E-state index in [9.17, 15) is 0 Å². The van der Waals surface area contributed by atoms with Crippen LogP contribution in [0, 0.1) is 5.41 Å². The molecule has 0 saturated carbocycles. The van der Waals surface area contributed by atoms with Crippen molar-refractivity contribution in [1.82, 2.24) is 9.97 Å². The summed E-state index contributed by atoms with van der Waals surface area (Å²) in [7, 11) is 1.49. The Morgan fingerprint density at radius 2 is 2.25 bits per heavy atom. The number of nitrogen functional groups attached to an aromatic ring is 1. The van der Waals surface area contributed by atoms with Gasteiger partial charge in [-0.2, -0.15) is 0 Å². The normalized spacial score (nSPS) is 8.42. The third-order valence-corrected chi connectivity index (χ3v) is 1.13. The molecule has 0 atom stereocenters. The summed E-state index contributed by atoms with van der Waals surface area (Å²) in [4.78, 5) is 7.50. The molecule has 0 fully saturated rings. The molecule has 1 aromatic heterocycles. The van der Waals surface area contributed by atoms with Crippen LogP contribution < -0.4 is 10.5 Å². The SMILES string of the molecule is COc1cc(C(=N)N)ncn1.Cl. The van der Waals surface area contributed by atoms with E-state index < -0.39 is 0 Å². The van der Waals surface area contributed by atoms with Gasteiger partial charge in [0.05, 0.1) is 7.11 Å². The molecule has 66 valence electrons. The minimum atomic E-state index is -0.0919. The molecular weight excluding hydrogens is 180 g/mol. The summed E-state index contributed by atoms with van der Waals surface area (Å²) in [5.74, 6) is 0.316. The number of rotatable bonds is 2. The lowest BCUT2D eigenvalue weighted by Crippen LogP contribution is -2.13. The van der Waals surface area contributed by atoms with Crippen molar-refractivity contribution in [2.75, 3.05) is 7.11 Å². The van der Waals surface area contributed by atoms with E-state index in [-0.39, 0.29) is 18.2 Å². The predicted molar refractivity (Wildman–Crippen MR) is 46.8 cm³/mol. The fourth-order valence-electron chi connectivity index (χ4n) is 0.598. The summed E-state index contributed by atoms with van der Waals surface area (Å²) >= 11 is 0. The van der Waals surface area contributed by atoms with E-state index in [1.165, 1.54) is 19.5 Å². The highest BCUT2D eigenvalue weighted by atomic mass is 35.5. The van der Waals surface area contributed by atoms with Gasteiger partial charge in [-0.05, 0) is 0 Å². The summed E-state index contributed by atoms with van der Waals surface area (Å²) in [6, 6.07) is 1.50. The van der Waals surface area contributed by atoms with Gasteiger partial charge in [0.2, 0.25) is 5.88 Å². The number of hydrogen-bond donors (Lipinski definition) is 2. The molecule has 0 aliphatic carbocycles. The van der Waals surface area contributed by atoms with Crippen LogP contribution in [0.25, 0.3) is 0 Å². The minimum absolute atomic E-state index is 0. The van der Waals surface area contributed by atoms with Gasteiger partial charge in [-0.1, -0.05) is 0 Å². The topological polar surface area (TPSA) is 84.9 Å². The largest absolute Gasteiger partial charge is 0.481 e. The Hall–Kier alpha value is -1.36. The maximum absolute atomic E-state index is 7.04. The van der Waals surface area contributed by atoms with Crippen LogP contribution in [0.2, 0.25) is 0 Å². The molecule has 0 aromatic carbocycles. The van der Waals surface area contributed by atoms with Crippen molar-refractivity contribution in [2.24, 2.45) is 5.73 Å². The molecule has 0 spiro atoms. The van der Waals surface area contributed by atoms with Crippen LogP contribution in [-0.2, 0) is 0 Å². The van der Waals surface area contributed by atoms with Crippen molar-refractivity contribution in [3.8, 4) is 5.88 Å². The van der Waals surface area contributed by atoms with E-state index in [1.54, 1.807) is 0 Å². The lowest BCUT2D eigenvalue weighted by molar-refractivity contribution is 0.396. The highest BCUT2D eigenvalue weighted by molar-refractivity contribution is 5.93. The van der Waals surface area contributed by atoms with Crippen LogP contribution in [0.15, 0.2) is 12.4 Å². The molecule has 0 radical (unpaired) electrons. The van der Waals surface area contributed by atoms with Crippen molar-refractivity contribution in [2.45, 2.75) is 0 Å². The number of methoxy groups -OCH3 is 1. The Bertz CT molecular complexity index is 278. The van der Waals surface area contributed by atoms with Crippen molar-refractivity contribution in [3.63, 3.8) is 0 Å². The number of halogens is 1.